The zero-order valence-corrected chi connectivity index (χ0v) is 14.4. The van der Waals surface area contributed by atoms with Crippen molar-refractivity contribution in [2.75, 3.05) is 19.7 Å². The highest BCUT2D eigenvalue weighted by molar-refractivity contribution is 6.02. The molecule has 1 aliphatic heterocycles. The van der Waals surface area contributed by atoms with Crippen LogP contribution in [0.3, 0.4) is 0 Å². The van der Waals surface area contributed by atoms with E-state index in [-0.39, 0.29) is 24.1 Å². The number of Topliss-reactive ketones (excluding diaryl/α,β-unsaturated/α-hetero) is 1. The summed E-state index contributed by atoms with van der Waals surface area (Å²) in [5.41, 5.74) is 1.76. The summed E-state index contributed by atoms with van der Waals surface area (Å²) in [7, 11) is 0. The first-order valence-corrected chi connectivity index (χ1v) is 7.88. The highest BCUT2D eigenvalue weighted by atomic mass is 35.5. The second kappa shape index (κ2) is 8.50. The van der Waals surface area contributed by atoms with E-state index in [1.165, 1.54) is 0 Å². The van der Waals surface area contributed by atoms with E-state index in [0.29, 0.717) is 25.3 Å². The van der Waals surface area contributed by atoms with Crippen LogP contribution in [0.2, 0.25) is 0 Å². The molecule has 5 heteroatoms. The predicted molar refractivity (Wildman–Crippen MR) is 98.5 cm³/mol. The van der Waals surface area contributed by atoms with Crippen LogP contribution in [0.25, 0.3) is 0 Å². The van der Waals surface area contributed by atoms with Gasteiger partial charge in [-0.3, -0.25) is 9.79 Å². The molecular formula is C19H21ClN2O2. The standard InChI is InChI=1S/C19H20N2O2.ClH/c1-2-23-17-10-8-14(9-11-17)18(22)16-12-20-19(21-13-16)15-6-4-3-5-7-15;/h3-11,16H,2,12-13H2,1H3,(H,20,21);1H. The van der Waals surface area contributed by atoms with E-state index >= 15 is 0 Å². The Balaban J connectivity index is 0.00000208. The van der Waals surface area contributed by atoms with Gasteiger partial charge in [0, 0.05) is 17.7 Å². The Bertz CT molecular complexity index is 699. The maximum absolute atomic E-state index is 12.6. The summed E-state index contributed by atoms with van der Waals surface area (Å²) >= 11 is 0. The van der Waals surface area contributed by atoms with Crippen LogP contribution in [0.15, 0.2) is 59.6 Å². The fourth-order valence-corrected chi connectivity index (χ4v) is 2.62. The van der Waals surface area contributed by atoms with Gasteiger partial charge in [-0.15, -0.1) is 12.4 Å². The number of hydrogen-bond donors (Lipinski definition) is 1. The van der Waals surface area contributed by atoms with Crippen LogP contribution in [-0.4, -0.2) is 31.3 Å². The van der Waals surface area contributed by atoms with E-state index in [1.807, 2.05) is 61.5 Å². The molecule has 0 radical (unpaired) electrons. The molecule has 24 heavy (non-hydrogen) atoms. The fourth-order valence-electron chi connectivity index (χ4n) is 2.62. The normalized spacial score (nSPS) is 16.4. The minimum absolute atomic E-state index is 0. The van der Waals surface area contributed by atoms with Gasteiger partial charge in [0.05, 0.1) is 19.1 Å². The van der Waals surface area contributed by atoms with Gasteiger partial charge >= 0.3 is 0 Å². The molecule has 0 aliphatic carbocycles. The Morgan fingerprint density at radius 3 is 2.46 bits per heavy atom. The molecule has 3 rings (SSSR count). The van der Waals surface area contributed by atoms with Crippen molar-refractivity contribution in [2.24, 2.45) is 10.9 Å². The van der Waals surface area contributed by atoms with E-state index in [0.717, 1.165) is 17.1 Å². The lowest BCUT2D eigenvalue weighted by Gasteiger charge is -2.22. The van der Waals surface area contributed by atoms with Crippen LogP contribution in [0.4, 0.5) is 0 Å². The highest BCUT2D eigenvalue weighted by Crippen LogP contribution is 2.17. The lowest BCUT2D eigenvalue weighted by atomic mass is 9.96. The summed E-state index contributed by atoms with van der Waals surface area (Å²) < 4.78 is 5.40. The van der Waals surface area contributed by atoms with Gasteiger partial charge in [0.25, 0.3) is 0 Å². The van der Waals surface area contributed by atoms with Crippen molar-refractivity contribution in [1.82, 2.24) is 5.32 Å². The molecule has 126 valence electrons. The molecular weight excluding hydrogens is 324 g/mol. The van der Waals surface area contributed by atoms with Crippen molar-refractivity contribution >= 4 is 24.0 Å². The molecule has 0 spiro atoms. The van der Waals surface area contributed by atoms with E-state index < -0.39 is 0 Å². The Hall–Kier alpha value is -2.33. The molecule has 1 aliphatic rings. The maximum atomic E-state index is 12.6. The Morgan fingerprint density at radius 1 is 1.17 bits per heavy atom. The monoisotopic (exact) mass is 344 g/mol. The van der Waals surface area contributed by atoms with Crippen LogP contribution in [-0.2, 0) is 0 Å². The van der Waals surface area contributed by atoms with Gasteiger partial charge < -0.3 is 10.1 Å². The topological polar surface area (TPSA) is 50.7 Å². The number of ketones is 1. The lowest BCUT2D eigenvalue weighted by Crippen LogP contribution is -2.39. The Kier molecular flexibility index (Phi) is 6.38. The van der Waals surface area contributed by atoms with Crippen molar-refractivity contribution in [1.29, 1.82) is 0 Å². The van der Waals surface area contributed by atoms with Gasteiger partial charge in [-0.2, -0.15) is 0 Å². The van der Waals surface area contributed by atoms with Crippen LogP contribution >= 0.6 is 12.4 Å². The molecule has 0 saturated carbocycles. The maximum Gasteiger partial charge on any atom is 0.169 e. The van der Waals surface area contributed by atoms with Crippen LogP contribution in [0.1, 0.15) is 22.8 Å². The summed E-state index contributed by atoms with van der Waals surface area (Å²) in [5.74, 6) is 1.65. The number of halogens is 1. The average molecular weight is 345 g/mol. The molecule has 1 heterocycles. The second-order valence-electron chi connectivity index (χ2n) is 5.45. The second-order valence-corrected chi connectivity index (χ2v) is 5.45. The molecule has 4 nitrogen and oxygen atoms in total. The highest BCUT2D eigenvalue weighted by Gasteiger charge is 2.23. The zero-order chi connectivity index (χ0) is 16.1. The third kappa shape index (κ3) is 4.15. The fraction of sp³-hybridized carbons (Fsp3) is 0.263. The summed E-state index contributed by atoms with van der Waals surface area (Å²) in [6, 6.07) is 17.3. The number of rotatable bonds is 5. The first-order valence-electron chi connectivity index (χ1n) is 7.88. The van der Waals surface area contributed by atoms with Crippen molar-refractivity contribution < 1.29 is 9.53 Å². The number of benzene rings is 2. The number of nitrogens with zero attached hydrogens (tertiary/aromatic N) is 1. The molecule has 2 aromatic rings. The molecule has 1 N–H and O–H groups in total. The summed E-state index contributed by atoms with van der Waals surface area (Å²) in [5, 5.41) is 3.27. The van der Waals surface area contributed by atoms with Crippen LogP contribution in [0.5, 0.6) is 5.75 Å². The molecule has 0 aromatic heterocycles. The van der Waals surface area contributed by atoms with E-state index in [2.05, 4.69) is 10.3 Å². The molecule has 0 amide bonds. The van der Waals surface area contributed by atoms with Crippen molar-refractivity contribution in [2.45, 2.75) is 6.92 Å². The van der Waals surface area contributed by atoms with Gasteiger partial charge in [0.2, 0.25) is 0 Å². The Morgan fingerprint density at radius 2 is 1.88 bits per heavy atom. The number of aliphatic imine (C=N–C) groups is 1. The number of carbonyl (C=O) groups is 1. The third-order valence-electron chi connectivity index (χ3n) is 3.85. The Labute approximate surface area is 148 Å². The SMILES string of the molecule is CCOc1ccc(C(=O)C2CN=C(c3ccccc3)NC2)cc1.Cl. The van der Waals surface area contributed by atoms with Crippen LogP contribution in [0, 0.1) is 5.92 Å². The number of amidine groups is 1. The summed E-state index contributed by atoms with van der Waals surface area (Å²) in [4.78, 5) is 17.1. The van der Waals surface area contributed by atoms with E-state index in [9.17, 15) is 4.79 Å². The first-order chi connectivity index (χ1) is 11.3. The smallest absolute Gasteiger partial charge is 0.169 e. The molecule has 0 fully saturated rings. The van der Waals surface area contributed by atoms with E-state index in [4.69, 9.17) is 4.74 Å². The minimum atomic E-state index is -0.125. The largest absolute Gasteiger partial charge is 0.494 e. The van der Waals surface area contributed by atoms with Gasteiger partial charge in [0.1, 0.15) is 11.6 Å². The number of nitrogens with one attached hydrogen (secondary N) is 1. The van der Waals surface area contributed by atoms with Gasteiger partial charge in [-0.1, -0.05) is 30.3 Å². The molecule has 1 unspecified atom stereocenters. The molecule has 0 saturated heterocycles. The summed E-state index contributed by atoms with van der Waals surface area (Å²) in [6.07, 6.45) is 0. The quantitative estimate of drug-likeness (QED) is 0.846. The predicted octanol–water partition coefficient (Wildman–Crippen LogP) is 3.36. The lowest BCUT2D eigenvalue weighted by molar-refractivity contribution is 0.0924. The third-order valence-corrected chi connectivity index (χ3v) is 3.85. The zero-order valence-electron chi connectivity index (χ0n) is 13.6. The summed E-state index contributed by atoms with van der Waals surface area (Å²) in [6.45, 7) is 3.69. The molecule has 0 bridgehead atoms. The van der Waals surface area contributed by atoms with Gasteiger partial charge in [-0.05, 0) is 31.2 Å². The van der Waals surface area contributed by atoms with Crippen molar-refractivity contribution in [3.8, 4) is 5.75 Å². The van der Waals surface area contributed by atoms with Gasteiger partial charge in [-0.25, -0.2) is 0 Å². The molecule has 2 aromatic carbocycles. The number of ether oxygens (including phenoxy) is 1. The van der Waals surface area contributed by atoms with E-state index in [1.54, 1.807) is 0 Å². The van der Waals surface area contributed by atoms with Crippen LogP contribution < -0.4 is 10.1 Å². The minimum Gasteiger partial charge on any atom is -0.494 e. The molecule has 1 atom stereocenters. The average Bonchev–Trinajstić information content (AvgIpc) is 2.63. The van der Waals surface area contributed by atoms with Gasteiger partial charge in [0.15, 0.2) is 5.78 Å². The van der Waals surface area contributed by atoms with Crippen molar-refractivity contribution in [3.63, 3.8) is 0 Å². The van der Waals surface area contributed by atoms with Crippen molar-refractivity contribution in [3.05, 3.63) is 65.7 Å². The number of hydrogen-bond acceptors (Lipinski definition) is 4. The first kappa shape index (κ1) is 18.0. The number of carbonyl (C=O) groups excluding carboxylic acids is 1.